The minimum absolute atomic E-state index is 0. The summed E-state index contributed by atoms with van der Waals surface area (Å²) in [7, 11) is 0. The molecule has 1 heterocycles. The van der Waals surface area contributed by atoms with Gasteiger partial charge in [0.1, 0.15) is 0 Å². The molecule has 0 spiro atoms. The van der Waals surface area contributed by atoms with Gasteiger partial charge in [-0.25, -0.2) is 0 Å². The molecule has 1 fully saturated rings. The minimum atomic E-state index is 0. The number of halogens is 3. The Morgan fingerprint density at radius 3 is 2.55 bits per heavy atom. The zero-order valence-corrected chi connectivity index (χ0v) is 14.7. The van der Waals surface area contributed by atoms with Crippen LogP contribution in [0.2, 0.25) is 0 Å². The second-order valence-electron chi connectivity index (χ2n) is 4.69. The molecule has 1 atom stereocenters. The number of hydrogen-bond donors (Lipinski definition) is 1. The summed E-state index contributed by atoms with van der Waals surface area (Å²) in [6.45, 7) is 6.11. The van der Waals surface area contributed by atoms with Gasteiger partial charge in [0.15, 0.2) is 0 Å². The molecule has 0 aromatic heterocycles. The van der Waals surface area contributed by atoms with Gasteiger partial charge in [-0.05, 0) is 24.1 Å². The quantitative estimate of drug-likeness (QED) is 0.872. The molecule has 1 N–H and O–H groups in total. The summed E-state index contributed by atoms with van der Waals surface area (Å²) in [6, 6.07) is 8.91. The highest BCUT2D eigenvalue weighted by Gasteiger charge is 2.23. The maximum absolute atomic E-state index is 9.07. The van der Waals surface area contributed by atoms with Crippen LogP contribution in [-0.2, 0) is 0 Å². The second-order valence-corrected chi connectivity index (χ2v) is 5.54. The first-order valence-electron chi connectivity index (χ1n) is 6.30. The largest absolute Gasteiger partial charge is 0.314 e. The molecule has 2 rings (SSSR count). The van der Waals surface area contributed by atoms with E-state index in [-0.39, 0.29) is 30.9 Å². The average Bonchev–Trinajstić information content (AvgIpc) is 2.38. The Morgan fingerprint density at radius 2 is 2.00 bits per heavy atom. The van der Waals surface area contributed by atoms with Gasteiger partial charge in [-0.2, -0.15) is 5.26 Å². The summed E-state index contributed by atoms with van der Waals surface area (Å²) in [5.74, 6) is 0. The minimum Gasteiger partial charge on any atom is -0.314 e. The summed E-state index contributed by atoms with van der Waals surface area (Å²) in [5, 5.41) is 12.4. The van der Waals surface area contributed by atoms with Crippen molar-refractivity contribution in [1.82, 2.24) is 10.2 Å². The molecule has 1 aliphatic heterocycles. The molecule has 20 heavy (non-hydrogen) atoms. The number of benzene rings is 1. The van der Waals surface area contributed by atoms with Gasteiger partial charge in [-0.1, -0.05) is 28.1 Å². The van der Waals surface area contributed by atoms with Gasteiger partial charge in [-0.3, -0.25) is 4.90 Å². The van der Waals surface area contributed by atoms with Crippen LogP contribution in [0, 0.1) is 18.3 Å². The molecule has 0 radical (unpaired) electrons. The molecule has 6 heteroatoms. The monoisotopic (exact) mass is 379 g/mol. The fourth-order valence-electron chi connectivity index (χ4n) is 2.42. The van der Waals surface area contributed by atoms with Crippen molar-refractivity contribution in [2.45, 2.75) is 19.4 Å². The molecule has 0 unspecified atom stereocenters. The lowest BCUT2D eigenvalue weighted by atomic mass is 10.0. The highest BCUT2D eigenvalue weighted by molar-refractivity contribution is 9.10. The van der Waals surface area contributed by atoms with Crippen LogP contribution in [0.3, 0.4) is 0 Å². The first-order chi connectivity index (χ1) is 8.72. The van der Waals surface area contributed by atoms with Gasteiger partial charge in [0.05, 0.1) is 12.5 Å². The first-order valence-corrected chi connectivity index (χ1v) is 7.09. The highest BCUT2D eigenvalue weighted by Crippen LogP contribution is 2.31. The normalized spacial score (nSPS) is 16.4. The summed E-state index contributed by atoms with van der Waals surface area (Å²) in [6.07, 6.45) is 0.543. The molecule has 0 saturated carbocycles. The van der Waals surface area contributed by atoms with Crippen LogP contribution in [0.5, 0.6) is 0 Å². The van der Waals surface area contributed by atoms with Crippen molar-refractivity contribution >= 4 is 40.7 Å². The number of rotatable bonds is 3. The molecule has 0 amide bonds. The Kier molecular flexibility index (Phi) is 9.45. The number of aryl methyl sites for hydroxylation is 1. The van der Waals surface area contributed by atoms with E-state index in [1.807, 2.05) is 0 Å². The summed E-state index contributed by atoms with van der Waals surface area (Å²) >= 11 is 3.63. The van der Waals surface area contributed by atoms with Crippen molar-refractivity contribution in [2.75, 3.05) is 26.2 Å². The van der Waals surface area contributed by atoms with Crippen LogP contribution < -0.4 is 5.32 Å². The van der Waals surface area contributed by atoms with Crippen molar-refractivity contribution in [3.63, 3.8) is 0 Å². The predicted octanol–water partition coefficient (Wildman–Crippen LogP) is 3.46. The van der Waals surface area contributed by atoms with Gasteiger partial charge in [0.25, 0.3) is 0 Å². The SMILES string of the molecule is Cc1ccc([C@H](CC#N)N2CCNCC2)c(Br)c1.Cl.Cl. The lowest BCUT2D eigenvalue weighted by Crippen LogP contribution is -2.45. The highest BCUT2D eigenvalue weighted by atomic mass is 79.9. The molecule has 112 valence electrons. The fraction of sp³-hybridized carbons (Fsp3) is 0.500. The van der Waals surface area contributed by atoms with E-state index in [1.54, 1.807) is 0 Å². The van der Waals surface area contributed by atoms with Crippen LogP contribution in [0.25, 0.3) is 0 Å². The summed E-state index contributed by atoms with van der Waals surface area (Å²) in [4.78, 5) is 2.40. The van der Waals surface area contributed by atoms with E-state index in [9.17, 15) is 0 Å². The van der Waals surface area contributed by atoms with Crippen LogP contribution in [-0.4, -0.2) is 31.1 Å². The van der Waals surface area contributed by atoms with Gasteiger partial charge in [0, 0.05) is 36.7 Å². The Hall–Kier alpha value is -0.310. The molecule has 0 aliphatic carbocycles. The predicted molar refractivity (Wildman–Crippen MR) is 90.8 cm³/mol. The second kappa shape index (κ2) is 9.59. The third-order valence-corrected chi connectivity index (χ3v) is 4.08. The molecule has 1 aliphatic rings. The molecule has 1 aromatic rings. The summed E-state index contributed by atoms with van der Waals surface area (Å²) in [5.41, 5.74) is 2.46. The van der Waals surface area contributed by atoms with E-state index in [4.69, 9.17) is 5.26 Å². The molecular formula is C14H20BrCl2N3. The van der Waals surface area contributed by atoms with Crippen LogP contribution >= 0.6 is 40.7 Å². The number of nitrogens with zero attached hydrogens (tertiary/aromatic N) is 2. The molecular weight excluding hydrogens is 361 g/mol. The van der Waals surface area contributed by atoms with E-state index in [2.05, 4.69) is 57.3 Å². The third kappa shape index (κ3) is 4.91. The number of nitrogens with one attached hydrogen (secondary N) is 1. The molecule has 3 nitrogen and oxygen atoms in total. The van der Waals surface area contributed by atoms with Crippen LogP contribution in [0.1, 0.15) is 23.6 Å². The fourth-order valence-corrected chi connectivity index (χ4v) is 3.18. The number of nitriles is 1. The Morgan fingerprint density at radius 1 is 1.35 bits per heavy atom. The number of piperazine rings is 1. The zero-order valence-electron chi connectivity index (χ0n) is 11.4. The third-order valence-electron chi connectivity index (χ3n) is 3.39. The Labute approximate surface area is 141 Å². The van der Waals surface area contributed by atoms with Gasteiger partial charge in [0.2, 0.25) is 0 Å². The standard InChI is InChI=1S/C14H18BrN3.2ClH/c1-11-2-3-12(13(15)10-11)14(4-5-16)18-8-6-17-7-9-18;;/h2-3,10,14,17H,4,6-9H2,1H3;2*1H/t14-;;/m0../s1. The van der Waals surface area contributed by atoms with E-state index in [0.717, 1.165) is 30.7 Å². The van der Waals surface area contributed by atoms with Crippen molar-refractivity contribution < 1.29 is 0 Å². The maximum atomic E-state index is 9.07. The van der Waals surface area contributed by atoms with E-state index in [1.165, 1.54) is 11.1 Å². The van der Waals surface area contributed by atoms with Crippen molar-refractivity contribution in [3.05, 3.63) is 33.8 Å². The van der Waals surface area contributed by atoms with Gasteiger partial charge < -0.3 is 5.32 Å². The zero-order chi connectivity index (χ0) is 13.0. The molecule has 0 bridgehead atoms. The van der Waals surface area contributed by atoms with E-state index in [0.29, 0.717) is 6.42 Å². The van der Waals surface area contributed by atoms with Gasteiger partial charge in [-0.15, -0.1) is 24.8 Å². The lowest BCUT2D eigenvalue weighted by Gasteiger charge is -2.34. The van der Waals surface area contributed by atoms with E-state index < -0.39 is 0 Å². The van der Waals surface area contributed by atoms with E-state index >= 15 is 0 Å². The van der Waals surface area contributed by atoms with Crippen molar-refractivity contribution in [1.29, 1.82) is 5.26 Å². The van der Waals surface area contributed by atoms with Crippen molar-refractivity contribution in [3.8, 4) is 6.07 Å². The molecule has 1 saturated heterocycles. The lowest BCUT2D eigenvalue weighted by molar-refractivity contribution is 0.175. The van der Waals surface area contributed by atoms with Gasteiger partial charge >= 0.3 is 0 Å². The van der Waals surface area contributed by atoms with Crippen LogP contribution in [0.4, 0.5) is 0 Å². The number of hydrogen-bond acceptors (Lipinski definition) is 3. The first kappa shape index (κ1) is 19.7. The summed E-state index contributed by atoms with van der Waals surface area (Å²) < 4.78 is 1.11. The van der Waals surface area contributed by atoms with Crippen molar-refractivity contribution in [2.24, 2.45) is 0 Å². The average molecular weight is 381 g/mol. The molecule has 1 aromatic carbocycles. The topological polar surface area (TPSA) is 39.1 Å². The maximum Gasteiger partial charge on any atom is 0.0641 e. The smallest absolute Gasteiger partial charge is 0.0641 e. The Balaban J connectivity index is 0.00000180. The Bertz CT molecular complexity index is 456. The van der Waals surface area contributed by atoms with Crippen LogP contribution in [0.15, 0.2) is 22.7 Å².